The molecule has 0 unspecified atom stereocenters. The molecule has 130 valence electrons. The summed E-state index contributed by atoms with van der Waals surface area (Å²) in [6.45, 7) is 0.0500. The molecular formula is C18H20N4O3. The smallest absolute Gasteiger partial charge is 0.251 e. The molecule has 0 radical (unpaired) electrons. The molecule has 0 atom stereocenters. The zero-order valence-corrected chi connectivity index (χ0v) is 14.1. The summed E-state index contributed by atoms with van der Waals surface area (Å²) in [5.74, 6) is -0.613. The highest BCUT2D eigenvalue weighted by Gasteiger charge is 2.07. The van der Waals surface area contributed by atoms with Gasteiger partial charge in [0.1, 0.15) is 0 Å². The Morgan fingerprint density at radius 3 is 2.08 bits per heavy atom. The highest BCUT2D eigenvalue weighted by molar-refractivity contribution is 5.97. The number of carbonyl (C=O) groups is 3. The molecule has 2 aromatic carbocycles. The minimum absolute atomic E-state index is 0.0500. The molecule has 0 aliphatic carbocycles. The molecular weight excluding hydrogens is 320 g/mol. The van der Waals surface area contributed by atoms with Crippen LogP contribution in [-0.4, -0.2) is 38.4 Å². The van der Waals surface area contributed by atoms with Crippen LogP contribution >= 0.6 is 0 Å². The summed E-state index contributed by atoms with van der Waals surface area (Å²) < 4.78 is 0. The van der Waals surface area contributed by atoms with Crippen molar-refractivity contribution >= 4 is 29.1 Å². The van der Waals surface area contributed by atoms with Crippen LogP contribution in [0.5, 0.6) is 0 Å². The van der Waals surface area contributed by atoms with Crippen molar-refractivity contribution in [3.63, 3.8) is 0 Å². The molecule has 7 nitrogen and oxygen atoms in total. The fraction of sp³-hybridized carbons (Fsp3) is 0.167. The molecule has 25 heavy (non-hydrogen) atoms. The third kappa shape index (κ3) is 5.07. The van der Waals surface area contributed by atoms with E-state index in [1.807, 2.05) is 0 Å². The van der Waals surface area contributed by atoms with Crippen molar-refractivity contribution < 1.29 is 14.4 Å². The van der Waals surface area contributed by atoms with Gasteiger partial charge in [-0.25, -0.2) is 0 Å². The minimum atomic E-state index is -0.238. The van der Waals surface area contributed by atoms with Gasteiger partial charge in [0.05, 0.1) is 6.54 Å². The van der Waals surface area contributed by atoms with Crippen molar-refractivity contribution in [2.45, 2.75) is 0 Å². The summed E-state index contributed by atoms with van der Waals surface area (Å²) in [5.41, 5.74) is 2.30. The van der Waals surface area contributed by atoms with E-state index in [0.29, 0.717) is 22.5 Å². The van der Waals surface area contributed by atoms with Crippen LogP contribution in [0, 0.1) is 0 Å². The third-order valence-electron chi connectivity index (χ3n) is 3.46. The first-order valence-electron chi connectivity index (χ1n) is 7.71. The summed E-state index contributed by atoms with van der Waals surface area (Å²) in [4.78, 5) is 35.1. The highest BCUT2D eigenvalue weighted by Crippen LogP contribution is 2.12. The van der Waals surface area contributed by atoms with Gasteiger partial charge in [-0.3, -0.25) is 14.4 Å². The predicted octanol–water partition coefficient (Wildman–Crippen LogP) is 1.46. The average Bonchev–Trinajstić information content (AvgIpc) is 2.66. The first-order valence-corrected chi connectivity index (χ1v) is 7.71. The fourth-order valence-electron chi connectivity index (χ4n) is 2.15. The number of rotatable bonds is 6. The molecule has 0 aliphatic heterocycles. The summed E-state index contributed by atoms with van der Waals surface area (Å²) in [6.07, 6.45) is 0. The molecule has 7 heteroatoms. The molecule has 2 rings (SSSR count). The van der Waals surface area contributed by atoms with Crippen LogP contribution in [0.3, 0.4) is 0 Å². The van der Waals surface area contributed by atoms with E-state index >= 15 is 0 Å². The molecule has 0 saturated carbocycles. The Hall–Kier alpha value is -3.35. The summed E-state index contributed by atoms with van der Waals surface area (Å²) in [5, 5.41) is 10.8. The number of carbonyl (C=O) groups excluding carboxylic acids is 3. The second kappa shape index (κ2) is 8.49. The molecule has 0 aromatic heterocycles. The molecule has 0 fully saturated rings. The minimum Gasteiger partial charge on any atom is -0.376 e. The van der Waals surface area contributed by atoms with E-state index < -0.39 is 0 Å². The zero-order valence-electron chi connectivity index (χ0n) is 14.1. The first kappa shape index (κ1) is 18.0. The first-order chi connectivity index (χ1) is 12.0. The van der Waals surface area contributed by atoms with E-state index in [0.717, 1.165) is 0 Å². The van der Waals surface area contributed by atoms with E-state index in [4.69, 9.17) is 0 Å². The maximum atomic E-state index is 12.0. The van der Waals surface area contributed by atoms with Gasteiger partial charge in [0.15, 0.2) is 0 Å². The number of hydrogen-bond acceptors (Lipinski definition) is 4. The van der Waals surface area contributed by atoms with Gasteiger partial charge in [-0.2, -0.15) is 0 Å². The van der Waals surface area contributed by atoms with Crippen LogP contribution in [0.25, 0.3) is 0 Å². The number of amides is 3. The van der Waals surface area contributed by atoms with Gasteiger partial charge in [-0.1, -0.05) is 6.07 Å². The third-order valence-corrected chi connectivity index (χ3v) is 3.46. The SMILES string of the molecule is CNC(=O)c1ccc(NC(=O)CNc2cccc(C(=O)NC)c2)cc1. The van der Waals surface area contributed by atoms with Gasteiger partial charge in [-0.15, -0.1) is 0 Å². The lowest BCUT2D eigenvalue weighted by molar-refractivity contribution is -0.114. The Bertz CT molecular complexity index is 772. The number of anilines is 2. The van der Waals surface area contributed by atoms with Gasteiger partial charge in [0, 0.05) is 36.6 Å². The quantitative estimate of drug-likeness (QED) is 0.640. The molecule has 0 spiro atoms. The summed E-state index contributed by atoms with van der Waals surface area (Å²) >= 11 is 0. The van der Waals surface area contributed by atoms with Crippen LogP contribution in [0.2, 0.25) is 0 Å². The lowest BCUT2D eigenvalue weighted by Crippen LogP contribution is -2.22. The van der Waals surface area contributed by atoms with Crippen LogP contribution in [-0.2, 0) is 4.79 Å². The Balaban J connectivity index is 1.90. The number of benzene rings is 2. The van der Waals surface area contributed by atoms with Crippen molar-refractivity contribution in [1.29, 1.82) is 0 Å². The van der Waals surface area contributed by atoms with E-state index in [1.54, 1.807) is 62.6 Å². The lowest BCUT2D eigenvalue weighted by Gasteiger charge is -2.09. The van der Waals surface area contributed by atoms with Crippen LogP contribution in [0.1, 0.15) is 20.7 Å². The summed E-state index contributed by atoms with van der Waals surface area (Å²) in [6, 6.07) is 13.5. The maximum Gasteiger partial charge on any atom is 0.251 e. The molecule has 3 amide bonds. The van der Waals surface area contributed by atoms with E-state index in [-0.39, 0.29) is 24.3 Å². The number of hydrogen-bond donors (Lipinski definition) is 4. The topological polar surface area (TPSA) is 99.3 Å². The van der Waals surface area contributed by atoms with Crippen LogP contribution in [0.15, 0.2) is 48.5 Å². The molecule has 2 aromatic rings. The molecule has 0 saturated heterocycles. The van der Waals surface area contributed by atoms with Gasteiger partial charge in [-0.05, 0) is 42.5 Å². The van der Waals surface area contributed by atoms with Gasteiger partial charge in [0.2, 0.25) is 5.91 Å². The standard InChI is InChI=1S/C18H20N4O3/c1-19-17(24)12-6-8-14(9-7-12)22-16(23)11-21-15-5-3-4-13(10-15)18(25)20-2/h3-10,21H,11H2,1-2H3,(H,19,24)(H,20,25)(H,22,23). The molecule has 0 heterocycles. The lowest BCUT2D eigenvalue weighted by atomic mass is 10.2. The summed E-state index contributed by atoms with van der Waals surface area (Å²) in [7, 11) is 3.12. The Labute approximate surface area is 145 Å². The van der Waals surface area contributed by atoms with Crippen molar-refractivity contribution in [2.24, 2.45) is 0 Å². The van der Waals surface area contributed by atoms with Crippen LogP contribution in [0.4, 0.5) is 11.4 Å². The zero-order chi connectivity index (χ0) is 18.2. The fourth-order valence-corrected chi connectivity index (χ4v) is 2.15. The van der Waals surface area contributed by atoms with Crippen molar-refractivity contribution in [3.05, 3.63) is 59.7 Å². The maximum absolute atomic E-state index is 12.0. The second-order valence-corrected chi connectivity index (χ2v) is 5.22. The van der Waals surface area contributed by atoms with Crippen LogP contribution < -0.4 is 21.3 Å². The molecule has 0 bridgehead atoms. The second-order valence-electron chi connectivity index (χ2n) is 5.22. The highest BCUT2D eigenvalue weighted by atomic mass is 16.2. The van der Waals surface area contributed by atoms with Crippen molar-refractivity contribution in [2.75, 3.05) is 31.3 Å². The van der Waals surface area contributed by atoms with Gasteiger partial charge < -0.3 is 21.3 Å². The Morgan fingerprint density at radius 1 is 0.800 bits per heavy atom. The Kier molecular flexibility index (Phi) is 6.11. The van der Waals surface area contributed by atoms with Crippen molar-refractivity contribution in [3.8, 4) is 0 Å². The predicted molar refractivity (Wildman–Crippen MR) is 96.8 cm³/mol. The van der Waals surface area contributed by atoms with E-state index in [2.05, 4.69) is 21.3 Å². The normalized spacial score (nSPS) is 9.84. The number of nitrogens with one attached hydrogen (secondary N) is 4. The van der Waals surface area contributed by atoms with Gasteiger partial charge in [0.25, 0.3) is 11.8 Å². The van der Waals surface area contributed by atoms with Crippen molar-refractivity contribution in [1.82, 2.24) is 10.6 Å². The largest absolute Gasteiger partial charge is 0.376 e. The Morgan fingerprint density at radius 2 is 1.44 bits per heavy atom. The monoisotopic (exact) mass is 340 g/mol. The van der Waals surface area contributed by atoms with Gasteiger partial charge >= 0.3 is 0 Å². The molecule has 4 N–H and O–H groups in total. The van der Waals surface area contributed by atoms with E-state index in [1.165, 1.54) is 0 Å². The average molecular weight is 340 g/mol. The molecule has 0 aliphatic rings. The van der Waals surface area contributed by atoms with E-state index in [9.17, 15) is 14.4 Å².